The molecule has 0 aliphatic heterocycles. The van der Waals surface area contributed by atoms with E-state index >= 15 is 0 Å². The topological polar surface area (TPSA) is 12.4 Å². The highest BCUT2D eigenvalue weighted by Crippen LogP contribution is 2.28. The highest BCUT2D eigenvalue weighted by atomic mass is 14.8. The van der Waals surface area contributed by atoms with Crippen molar-refractivity contribution in [3.8, 4) is 0 Å². The van der Waals surface area contributed by atoms with Crippen molar-refractivity contribution in [1.29, 1.82) is 0 Å². The molecular formula is C32H43N. The lowest BCUT2D eigenvalue weighted by atomic mass is 9.93. The molecule has 1 nitrogen and oxygen atoms in total. The Morgan fingerprint density at radius 1 is 0.879 bits per heavy atom. The van der Waals surface area contributed by atoms with E-state index in [2.05, 4.69) is 109 Å². The average Bonchev–Trinajstić information content (AvgIpc) is 2.83. The fraction of sp³-hybridized carbons (Fsp3) is 0.406. The molecular weight excluding hydrogens is 398 g/mol. The first-order valence-corrected chi connectivity index (χ1v) is 12.7. The maximum Gasteiger partial charge on any atom is 0.0481 e. The third kappa shape index (κ3) is 7.42. The van der Waals surface area contributed by atoms with Gasteiger partial charge in [0.1, 0.15) is 0 Å². The molecule has 2 aromatic rings. The Bertz CT molecular complexity index is 1070. The van der Waals surface area contributed by atoms with Crippen LogP contribution in [0.2, 0.25) is 0 Å². The van der Waals surface area contributed by atoms with E-state index in [1.807, 2.05) is 0 Å². The van der Waals surface area contributed by atoms with E-state index in [1.54, 1.807) is 0 Å². The van der Waals surface area contributed by atoms with Crippen LogP contribution in [0.25, 0.3) is 16.3 Å². The summed E-state index contributed by atoms with van der Waals surface area (Å²) in [6, 6.07) is 13.2. The van der Waals surface area contributed by atoms with Crippen molar-refractivity contribution in [3.05, 3.63) is 88.7 Å². The molecule has 0 aromatic heterocycles. The second kappa shape index (κ2) is 13.8. The molecule has 2 aromatic carbocycles. The van der Waals surface area contributed by atoms with Gasteiger partial charge in [0.25, 0.3) is 0 Å². The Balaban J connectivity index is 2.55. The van der Waals surface area contributed by atoms with E-state index in [-0.39, 0.29) is 0 Å². The van der Waals surface area contributed by atoms with Gasteiger partial charge in [-0.15, -0.1) is 0 Å². The fourth-order valence-corrected chi connectivity index (χ4v) is 4.26. The van der Waals surface area contributed by atoms with Gasteiger partial charge in [-0.05, 0) is 92.5 Å². The van der Waals surface area contributed by atoms with Crippen LogP contribution in [0.3, 0.4) is 0 Å². The molecule has 0 N–H and O–H groups in total. The molecule has 0 bridgehead atoms. The van der Waals surface area contributed by atoms with Crippen LogP contribution in [-0.4, -0.2) is 5.71 Å². The molecule has 33 heavy (non-hydrogen) atoms. The smallest absolute Gasteiger partial charge is 0.0481 e. The lowest BCUT2D eigenvalue weighted by Crippen LogP contribution is -2.06. The number of fused-ring (bicyclic) bond motifs is 1. The molecule has 1 heteroatoms. The molecule has 0 aliphatic carbocycles. The molecule has 0 unspecified atom stereocenters. The minimum atomic E-state index is 0.960. The zero-order valence-corrected chi connectivity index (χ0v) is 22.0. The molecule has 0 heterocycles. The highest BCUT2D eigenvalue weighted by Gasteiger charge is 2.11. The average molecular weight is 442 g/mol. The third-order valence-electron chi connectivity index (χ3n) is 6.45. The van der Waals surface area contributed by atoms with Crippen molar-refractivity contribution in [2.75, 3.05) is 0 Å². The predicted molar refractivity (Wildman–Crippen MR) is 150 cm³/mol. The summed E-state index contributed by atoms with van der Waals surface area (Å²) in [5.41, 5.74) is 8.85. The number of nitrogens with zero attached hydrogens (tertiary/aromatic N) is 1. The zero-order chi connectivity index (χ0) is 24.2. The number of hydrogen-bond acceptors (Lipinski definition) is 1. The Labute approximate surface area is 202 Å². The molecule has 0 saturated carbocycles. The van der Waals surface area contributed by atoms with Crippen molar-refractivity contribution in [2.45, 2.75) is 87.0 Å². The Hall–Kier alpha value is -2.67. The minimum Gasteiger partial charge on any atom is -0.258 e. The van der Waals surface area contributed by atoms with Crippen molar-refractivity contribution >= 4 is 22.1 Å². The largest absolute Gasteiger partial charge is 0.258 e. The zero-order valence-electron chi connectivity index (χ0n) is 22.0. The van der Waals surface area contributed by atoms with Gasteiger partial charge in [-0.3, -0.25) is 4.99 Å². The Morgan fingerprint density at radius 2 is 1.61 bits per heavy atom. The van der Waals surface area contributed by atoms with Gasteiger partial charge in [0, 0.05) is 11.4 Å². The maximum atomic E-state index is 5.13. The normalized spacial score (nSPS) is 14.3. The second-order valence-corrected chi connectivity index (χ2v) is 8.88. The number of aliphatic imine (C=N–C) groups is 1. The van der Waals surface area contributed by atoms with Gasteiger partial charge < -0.3 is 0 Å². The molecule has 0 atom stereocenters. The standard InChI is InChI=1S/C32H43N/c1-8-12-13-14-21-31(33-28(10-3)11-4)29(24(5)9-2)23-22-25(6)30-20-16-19-27-18-15-17-26(7)32(27)30/h9-10,15-20,22-23H,8,11-14,21H2,1-7H3/b24-9+,25-22+,28-10+,29-23+,33-31-. The first-order chi connectivity index (χ1) is 16.0. The van der Waals surface area contributed by atoms with E-state index in [0.29, 0.717) is 0 Å². The van der Waals surface area contributed by atoms with E-state index < -0.39 is 0 Å². The lowest BCUT2D eigenvalue weighted by Gasteiger charge is -2.14. The van der Waals surface area contributed by atoms with Crippen LogP contribution in [0.15, 0.2) is 82.5 Å². The first-order valence-electron chi connectivity index (χ1n) is 12.7. The van der Waals surface area contributed by atoms with E-state index in [1.165, 1.54) is 75.7 Å². The summed E-state index contributed by atoms with van der Waals surface area (Å²) in [5, 5.41) is 2.65. The summed E-state index contributed by atoms with van der Waals surface area (Å²) in [6.07, 6.45) is 15.9. The molecule has 0 saturated heterocycles. The van der Waals surface area contributed by atoms with Gasteiger partial charge in [0.2, 0.25) is 0 Å². The van der Waals surface area contributed by atoms with Gasteiger partial charge in [-0.1, -0.05) is 93.8 Å². The summed E-state index contributed by atoms with van der Waals surface area (Å²) in [7, 11) is 0. The predicted octanol–water partition coefficient (Wildman–Crippen LogP) is 10.2. The van der Waals surface area contributed by atoms with Crippen LogP contribution in [0, 0.1) is 6.92 Å². The van der Waals surface area contributed by atoms with Gasteiger partial charge in [-0.2, -0.15) is 0 Å². The maximum absolute atomic E-state index is 5.13. The highest BCUT2D eigenvalue weighted by molar-refractivity contribution is 6.05. The van der Waals surface area contributed by atoms with Crippen molar-refractivity contribution in [1.82, 2.24) is 0 Å². The monoisotopic (exact) mass is 441 g/mol. The van der Waals surface area contributed by atoms with Crippen LogP contribution in [-0.2, 0) is 0 Å². The number of hydrogen-bond donors (Lipinski definition) is 0. The summed E-state index contributed by atoms with van der Waals surface area (Å²) in [5.74, 6) is 0. The number of rotatable bonds is 11. The molecule has 0 radical (unpaired) electrons. The van der Waals surface area contributed by atoms with Gasteiger partial charge in [0.15, 0.2) is 0 Å². The van der Waals surface area contributed by atoms with Crippen LogP contribution < -0.4 is 0 Å². The quantitative estimate of drug-likeness (QED) is 0.187. The number of benzene rings is 2. The first kappa shape index (κ1) is 26.6. The second-order valence-electron chi connectivity index (χ2n) is 8.88. The van der Waals surface area contributed by atoms with Gasteiger partial charge >= 0.3 is 0 Å². The Kier molecular flexibility index (Phi) is 11.1. The fourth-order valence-electron chi connectivity index (χ4n) is 4.26. The van der Waals surface area contributed by atoms with Crippen LogP contribution in [0.1, 0.15) is 91.2 Å². The summed E-state index contributed by atoms with van der Waals surface area (Å²) in [6.45, 7) is 15.3. The molecule has 176 valence electrons. The number of aryl methyl sites for hydroxylation is 1. The third-order valence-corrected chi connectivity index (χ3v) is 6.45. The number of allylic oxidation sites excluding steroid dienone is 8. The Morgan fingerprint density at radius 3 is 2.24 bits per heavy atom. The van der Waals surface area contributed by atoms with Crippen LogP contribution >= 0.6 is 0 Å². The summed E-state index contributed by atoms with van der Waals surface area (Å²) in [4.78, 5) is 5.13. The van der Waals surface area contributed by atoms with E-state index in [0.717, 1.165) is 12.8 Å². The van der Waals surface area contributed by atoms with Crippen LogP contribution in [0.4, 0.5) is 0 Å². The van der Waals surface area contributed by atoms with Crippen molar-refractivity contribution in [3.63, 3.8) is 0 Å². The SMILES string of the molecule is C\C=C(CC)\N=C(CCCCCC)/C(=C/C=C(\C)c1cccc2cccc(C)c12)C(/C)=C/C. The summed E-state index contributed by atoms with van der Waals surface area (Å²) < 4.78 is 0. The van der Waals surface area contributed by atoms with E-state index in [9.17, 15) is 0 Å². The lowest BCUT2D eigenvalue weighted by molar-refractivity contribution is 0.682. The molecule has 0 aliphatic rings. The van der Waals surface area contributed by atoms with Gasteiger partial charge in [0.05, 0.1) is 0 Å². The van der Waals surface area contributed by atoms with Crippen LogP contribution in [0.5, 0.6) is 0 Å². The minimum absolute atomic E-state index is 0.960. The summed E-state index contributed by atoms with van der Waals surface area (Å²) >= 11 is 0. The molecule has 0 spiro atoms. The number of unbranched alkanes of at least 4 members (excludes halogenated alkanes) is 3. The van der Waals surface area contributed by atoms with Crippen molar-refractivity contribution in [2.24, 2.45) is 4.99 Å². The molecule has 0 fully saturated rings. The van der Waals surface area contributed by atoms with Crippen molar-refractivity contribution < 1.29 is 0 Å². The van der Waals surface area contributed by atoms with E-state index in [4.69, 9.17) is 4.99 Å². The van der Waals surface area contributed by atoms with Gasteiger partial charge in [-0.25, -0.2) is 0 Å². The molecule has 0 amide bonds. The molecule has 2 rings (SSSR count).